The van der Waals surface area contributed by atoms with Crippen molar-refractivity contribution in [1.29, 1.82) is 0 Å². The van der Waals surface area contributed by atoms with Crippen LogP contribution in [0.25, 0.3) is 0 Å². The molecular weight excluding hydrogens is 499 g/mol. The molecule has 2 aromatic rings. The molecule has 1 saturated heterocycles. The first-order valence-electron chi connectivity index (χ1n) is 14.3. The van der Waals surface area contributed by atoms with E-state index in [1.165, 1.54) is 6.07 Å². The number of carbonyl (C=O) groups is 2. The van der Waals surface area contributed by atoms with Gasteiger partial charge in [-0.3, -0.25) is 14.5 Å². The molecule has 0 unspecified atom stereocenters. The number of ether oxygens (including phenoxy) is 2. The third kappa shape index (κ3) is 6.55. The predicted molar refractivity (Wildman–Crippen MR) is 148 cm³/mol. The van der Waals surface area contributed by atoms with Gasteiger partial charge in [-0.05, 0) is 54.2 Å². The summed E-state index contributed by atoms with van der Waals surface area (Å²) in [5.74, 6) is -1.38. The maximum atomic E-state index is 15.0. The van der Waals surface area contributed by atoms with Gasteiger partial charge in [0.25, 0.3) is 0 Å². The maximum absolute atomic E-state index is 15.0. The van der Waals surface area contributed by atoms with Gasteiger partial charge in [0.2, 0.25) is 5.91 Å². The van der Waals surface area contributed by atoms with Crippen LogP contribution in [-0.2, 0) is 16.0 Å². The van der Waals surface area contributed by atoms with Crippen LogP contribution < -0.4 is 9.47 Å². The number of hydrogen-bond acceptors (Lipinski definition) is 5. The molecule has 8 heteroatoms. The van der Waals surface area contributed by atoms with Crippen LogP contribution in [0.3, 0.4) is 0 Å². The van der Waals surface area contributed by atoms with Gasteiger partial charge in [-0.25, -0.2) is 4.39 Å². The molecule has 0 radical (unpaired) electrons. The third-order valence-electron chi connectivity index (χ3n) is 7.93. The van der Waals surface area contributed by atoms with E-state index in [0.29, 0.717) is 61.9 Å². The van der Waals surface area contributed by atoms with Gasteiger partial charge in [0.1, 0.15) is 19.0 Å². The molecule has 0 bridgehead atoms. The van der Waals surface area contributed by atoms with Gasteiger partial charge < -0.3 is 19.5 Å². The van der Waals surface area contributed by atoms with E-state index < -0.39 is 23.8 Å². The lowest BCUT2D eigenvalue weighted by molar-refractivity contribution is -0.144. The smallest absolute Gasteiger partial charge is 0.309 e. The minimum atomic E-state index is -0.969. The molecule has 2 heterocycles. The number of carboxylic acid groups (broad SMARTS) is 1. The number of nitrogens with zero attached hydrogens (tertiary/aromatic N) is 2. The van der Waals surface area contributed by atoms with Gasteiger partial charge in [-0.2, -0.15) is 0 Å². The quantitative estimate of drug-likeness (QED) is 0.387. The monoisotopic (exact) mass is 540 g/mol. The second kappa shape index (κ2) is 13.3. The van der Waals surface area contributed by atoms with Gasteiger partial charge >= 0.3 is 5.97 Å². The molecular formula is C31H41FN2O5. The van der Waals surface area contributed by atoms with E-state index in [4.69, 9.17) is 9.47 Å². The Bertz CT molecular complexity index is 1150. The van der Waals surface area contributed by atoms with Crippen molar-refractivity contribution in [1.82, 2.24) is 9.80 Å². The number of benzene rings is 2. The van der Waals surface area contributed by atoms with Crippen molar-refractivity contribution in [3.8, 4) is 11.5 Å². The predicted octanol–water partition coefficient (Wildman–Crippen LogP) is 5.43. The summed E-state index contributed by atoms with van der Waals surface area (Å²) in [6, 6.07) is 9.91. The SMILES string of the molecule is CCCCN(CCCC)C(=O)CN1C[C@@H](c2ccc3c(c2)OCCO3)[C@H](C(=O)O)[C@H]1c1ccc(CC)c(F)c1. The molecule has 2 aliphatic rings. The number of hydrogen-bond donors (Lipinski definition) is 1. The Hall–Kier alpha value is -3.13. The Kier molecular flexibility index (Phi) is 9.83. The fourth-order valence-electron chi connectivity index (χ4n) is 5.79. The summed E-state index contributed by atoms with van der Waals surface area (Å²) in [5, 5.41) is 10.5. The maximum Gasteiger partial charge on any atom is 0.309 e. The number of carboxylic acids is 1. The largest absolute Gasteiger partial charge is 0.486 e. The summed E-state index contributed by atoms with van der Waals surface area (Å²) >= 11 is 0. The van der Waals surface area contributed by atoms with Crippen LogP contribution >= 0.6 is 0 Å². The van der Waals surface area contributed by atoms with Gasteiger partial charge in [0.05, 0.1) is 12.5 Å². The lowest BCUT2D eigenvalue weighted by atomic mass is 9.82. The molecule has 2 aromatic carbocycles. The van der Waals surface area contributed by atoms with Gasteiger partial charge in [-0.1, -0.05) is 51.8 Å². The lowest BCUT2D eigenvalue weighted by Gasteiger charge is -2.30. The number of aliphatic carboxylic acids is 1. The van der Waals surface area contributed by atoms with Crippen LogP contribution in [0.1, 0.15) is 75.1 Å². The topological polar surface area (TPSA) is 79.3 Å². The second-order valence-corrected chi connectivity index (χ2v) is 10.5. The number of carbonyl (C=O) groups excluding carboxylic acids is 1. The molecule has 1 N–H and O–H groups in total. The summed E-state index contributed by atoms with van der Waals surface area (Å²) < 4.78 is 26.4. The van der Waals surface area contributed by atoms with E-state index in [0.717, 1.165) is 31.2 Å². The van der Waals surface area contributed by atoms with E-state index in [1.807, 2.05) is 41.0 Å². The highest BCUT2D eigenvalue weighted by Crippen LogP contribution is 2.47. The molecule has 0 aromatic heterocycles. The van der Waals surface area contributed by atoms with Crippen molar-refractivity contribution < 1.29 is 28.6 Å². The number of likely N-dealkylation sites (tertiary alicyclic amines) is 1. The van der Waals surface area contributed by atoms with Gasteiger partial charge in [0.15, 0.2) is 11.5 Å². The van der Waals surface area contributed by atoms with E-state index in [1.54, 1.807) is 6.07 Å². The zero-order valence-electron chi connectivity index (χ0n) is 23.3. The van der Waals surface area contributed by atoms with Gasteiger partial charge in [0, 0.05) is 31.6 Å². The van der Waals surface area contributed by atoms with Gasteiger partial charge in [-0.15, -0.1) is 0 Å². The van der Waals surface area contributed by atoms with E-state index in [9.17, 15) is 19.1 Å². The fraction of sp³-hybridized carbons (Fsp3) is 0.548. The number of fused-ring (bicyclic) bond motifs is 1. The number of amides is 1. The molecule has 2 aliphatic heterocycles. The molecule has 1 amide bonds. The third-order valence-corrected chi connectivity index (χ3v) is 7.93. The highest BCUT2D eigenvalue weighted by molar-refractivity contribution is 5.79. The van der Waals surface area contributed by atoms with Crippen LogP contribution in [0.2, 0.25) is 0 Å². The Morgan fingerprint density at radius 2 is 1.64 bits per heavy atom. The molecule has 212 valence electrons. The Morgan fingerprint density at radius 1 is 0.974 bits per heavy atom. The van der Waals surface area contributed by atoms with Crippen LogP contribution in [-0.4, -0.2) is 66.2 Å². The van der Waals surface area contributed by atoms with Crippen LogP contribution in [0.15, 0.2) is 36.4 Å². The highest BCUT2D eigenvalue weighted by Gasteiger charge is 2.48. The van der Waals surface area contributed by atoms with E-state index in [2.05, 4.69) is 13.8 Å². The van der Waals surface area contributed by atoms with Crippen molar-refractivity contribution >= 4 is 11.9 Å². The molecule has 4 rings (SSSR count). The van der Waals surface area contributed by atoms with Crippen molar-refractivity contribution in [2.24, 2.45) is 5.92 Å². The summed E-state index contributed by atoms with van der Waals surface area (Å²) in [6.07, 6.45) is 4.35. The number of rotatable bonds is 12. The molecule has 7 nitrogen and oxygen atoms in total. The average Bonchev–Trinajstić information content (AvgIpc) is 3.32. The van der Waals surface area contributed by atoms with Crippen LogP contribution in [0.4, 0.5) is 4.39 Å². The lowest BCUT2D eigenvalue weighted by Crippen LogP contribution is -2.42. The average molecular weight is 541 g/mol. The van der Waals surface area contributed by atoms with E-state index in [-0.39, 0.29) is 18.3 Å². The number of unbranched alkanes of at least 4 members (excludes halogenated alkanes) is 2. The standard InChI is InChI=1S/C31H41FN2O5/c1-4-7-13-33(14-8-5-2)28(35)20-34-19-24(22-11-12-26-27(18-22)39-16-15-38-26)29(31(36)37)30(34)23-10-9-21(6-3)25(32)17-23/h9-12,17-18,24,29-30H,4-8,13-16,19-20H2,1-3H3,(H,36,37)/t24-,29-,30+/m0/s1. The minimum absolute atomic E-state index is 0.0143. The number of aryl methyl sites for hydroxylation is 1. The molecule has 39 heavy (non-hydrogen) atoms. The molecule has 0 aliphatic carbocycles. The zero-order valence-corrected chi connectivity index (χ0v) is 23.3. The second-order valence-electron chi connectivity index (χ2n) is 10.5. The first-order chi connectivity index (χ1) is 18.9. The van der Waals surface area contributed by atoms with Crippen molar-refractivity contribution in [3.05, 3.63) is 58.9 Å². The summed E-state index contributed by atoms with van der Waals surface area (Å²) in [6.45, 7) is 8.80. The highest BCUT2D eigenvalue weighted by atomic mass is 19.1. The molecule has 0 saturated carbocycles. The van der Waals surface area contributed by atoms with Crippen molar-refractivity contribution in [2.75, 3.05) is 39.4 Å². The van der Waals surface area contributed by atoms with E-state index >= 15 is 0 Å². The first-order valence-corrected chi connectivity index (χ1v) is 14.3. The normalized spacial score (nSPS) is 20.7. The summed E-state index contributed by atoms with van der Waals surface area (Å²) in [4.78, 5) is 30.3. The minimum Gasteiger partial charge on any atom is -0.486 e. The Balaban J connectivity index is 1.71. The molecule has 3 atom stereocenters. The zero-order chi connectivity index (χ0) is 27.9. The summed E-state index contributed by atoms with van der Waals surface area (Å²) in [7, 11) is 0. The number of halogens is 1. The van der Waals surface area contributed by atoms with Crippen molar-refractivity contribution in [2.45, 2.75) is 64.8 Å². The van der Waals surface area contributed by atoms with Crippen molar-refractivity contribution in [3.63, 3.8) is 0 Å². The first kappa shape index (κ1) is 28.9. The van der Waals surface area contributed by atoms with Crippen LogP contribution in [0.5, 0.6) is 11.5 Å². The Labute approximate surface area is 230 Å². The Morgan fingerprint density at radius 3 is 2.26 bits per heavy atom. The fourth-order valence-corrected chi connectivity index (χ4v) is 5.79. The molecule has 0 spiro atoms. The summed E-state index contributed by atoms with van der Waals surface area (Å²) in [5.41, 5.74) is 1.98. The molecule has 1 fully saturated rings. The van der Waals surface area contributed by atoms with Crippen LogP contribution in [0, 0.1) is 11.7 Å².